The Labute approximate surface area is 100 Å². The molecule has 3 nitrogen and oxygen atoms in total. The first-order chi connectivity index (χ1) is 7.81. The Morgan fingerprint density at radius 1 is 1.56 bits per heavy atom. The van der Waals surface area contributed by atoms with E-state index >= 15 is 0 Å². The Hall–Kier alpha value is -0.930. The number of aldehydes is 1. The molecule has 16 heavy (non-hydrogen) atoms. The quantitative estimate of drug-likeness (QED) is 0.758. The van der Waals surface area contributed by atoms with Gasteiger partial charge in [0, 0.05) is 18.9 Å². The molecule has 2 heterocycles. The number of carbonyl (C=O) groups is 1. The van der Waals surface area contributed by atoms with Gasteiger partial charge in [-0.2, -0.15) is 0 Å². The van der Waals surface area contributed by atoms with Crippen molar-refractivity contribution in [1.29, 1.82) is 0 Å². The van der Waals surface area contributed by atoms with Crippen LogP contribution >= 0.6 is 11.6 Å². The van der Waals surface area contributed by atoms with Gasteiger partial charge in [-0.1, -0.05) is 18.0 Å². The van der Waals surface area contributed by atoms with E-state index in [-0.39, 0.29) is 6.04 Å². The van der Waals surface area contributed by atoms with E-state index < -0.39 is 0 Å². The van der Waals surface area contributed by atoms with Gasteiger partial charge in [0.1, 0.15) is 6.29 Å². The number of carbonyl (C=O) groups excluding carboxylic acids is 1. The van der Waals surface area contributed by atoms with Crippen molar-refractivity contribution in [2.75, 3.05) is 6.54 Å². The minimum atomic E-state index is 0.0537. The van der Waals surface area contributed by atoms with Crippen molar-refractivity contribution in [3.05, 3.63) is 29.0 Å². The van der Waals surface area contributed by atoms with Crippen molar-refractivity contribution in [3.63, 3.8) is 0 Å². The summed E-state index contributed by atoms with van der Waals surface area (Å²) in [5.41, 5.74) is 1.05. The minimum absolute atomic E-state index is 0.0537. The van der Waals surface area contributed by atoms with Crippen molar-refractivity contribution in [3.8, 4) is 0 Å². The number of hydrogen-bond acceptors (Lipinski definition) is 3. The molecule has 2 rings (SSSR count). The molecule has 1 aromatic heterocycles. The number of likely N-dealkylation sites (tertiary alicyclic amines) is 1. The molecular weight excluding hydrogens is 224 g/mol. The second-order valence-corrected chi connectivity index (χ2v) is 4.54. The number of halogens is 1. The van der Waals surface area contributed by atoms with Gasteiger partial charge >= 0.3 is 0 Å². The van der Waals surface area contributed by atoms with Crippen molar-refractivity contribution in [2.45, 2.75) is 31.8 Å². The highest BCUT2D eigenvalue weighted by atomic mass is 35.5. The van der Waals surface area contributed by atoms with Crippen LogP contribution in [0.25, 0.3) is 0 Å². The van der Waals surface area contributed by atoms with E-state index in [2.05, 4.69) is 9.88 Å². The predicted octanol–water partition coefficient (Wildman–Crippen LogP) is 2.29. The summed E-state index contributed by atoms with van der Waals surface area (Å²) in [6.07, 6.45) is 7.70. The van der Waals surface area contributed by atoms with Crippen molar-refractivity contribution in [1.82, 2.24) is 9.88 Å². The molecule has 1 aliphatic heterocycles. The maximum absolute atomic E-state index is 11.0. The molecule has 1 unspecified atom stereocenters. The first-order valence-corrected chi connectivity index (χ1v) is 5.97. The lowest BCUT2D eigenvalue weighted by molar-refractivity contribution is -0.113. The fraction of sp³-hybridized carbons (Fsp3) is 0.500. The zero-order valence-corrected chi connectivity index (χ0v) is 9.86. The average molecular weight is 239 g/mol. The van der Waals surface area contributed by atoms with E-state index in [1.807, 2.05) is 6.07 Å². The van der Waals surface area contributed by atoms with Crippen molar-refractivity contribution < 1.29 is 4.79 Å². The van der Waals surface area contributed by atoms with Gasteiger partial charge in [-0.25, -0.2) is 0 Å². The third-order valence-corrected chi connectivity index (χ3v) is 3.39. The fourth-order valence-electron chi connectivity index (χ4n) is 2.12. The van der Waals surface area contributed by atoms with E-state index in [0.717, 1.165) is 44.2 Å². The van der Waals surface area contributed by atoms with E-state index in [9.17, 15) is 4.79 Å². The molecule has 0 radical (unpaired) electrons. The zero-order chi connectivity index (χ0) is 11.4. The third-order valence-electron chi connectivity index (χ3n) is 3.05. The van der Waals surface area contributed by atoms with Gasteiger partial charge in [-0.15, -0.1) is 0 Å². The Morgan fingerprint density at radius 3 is 3.19 bits per heavy atom. The maximum atomic E-state index is 11.0. The van der Waals surface area contributed by atoms with Crippen LogP contribution < -0.4 is 0 Å². The topological polar surface area (TPSA) is 33.2 Å². The molecule has 1 saturated heterocycles. The molecule has 0 aromatic carbocycles. The largest absolute Gasteiger partial charge is 0.302 e. The average Bonchev–Trinajstić information content (AvgIpc) is 2.33. The smallest absolute Gasteiger partial charge is 0.137 e. The van der Waals surface area contributed by atoms with Crippen LogP contribution in [-0.2, 0) is 11.3 Å². The fourth-order valence-corrected chi connectivity index (χ4v) is 2.30. The second-order valence-electron chi connectivity index (χ2n) is 4.14. The molecule has 1 aromatic rings. The van der Waals surface area contributed by atoms with Crippen LogP contribution in [0.4, 0.5) is 0 Å². The van der Waals surface area contributed by atoms with Gasteiger partial charge in [0.15, 0.2) is 0 Å². The second kappa shape index (κ2) is 5.41. The van der Waals surface area contributed by atoms with Crippen LogP contribution in [-0.4, -0.2) is 28.8 Å². The number of piperidine rings is 1. The summed E-state index contributed by atoms with van der Waals surface area (Å²) < 4.78 is 0. The lowest BCUT2D eigenvalue weighted by Gasteiger charge is -2.32. The van der Waals surface area contributed by atoms with Gasteiger partial charge in [0.05, 0.1) is 11.1 Å². The van der Waals surface area contributed by atoms with Gasteiger partial charge in [0.25, 0.3) is 0 Å². The number of hydrogen-bond donors (Lipinski definition) is 0. The number of rotatable bonds is 3. The maximum Gasteiger partial charge on any atom is 0.137 e. The van der Waals surface area contributed by atoms with Crippen LogP contribution in [0.5, 0.6) is 0 Å². The molecule has 1 aliphatic rings. The van der Waals surface area contributed by atoms with Crippen LogP contribution in [0.3, 0.4) is 0 Å². The summed E-state index contributed by atoms with van der Waals surface area (Å²) in [6, 6.07) is 1.97. The van der Waals surface area contributed by atoms with E-state index in [0.29, 0.717) is 5.02 Å². The first kappa shape index (κ1) is 11.6. The van der Waals surface area contributed by atoms with Crippen LogP contribution in [0.15, 0.2) is 18.5 Å². The molecule has 0 spiro atoms. The Morgan fingerprint density at radius 2 is 2.44 bits per heavy atom. The van der Waals surface area contributed by atoms with E-state index in [1.54, 1.807) is 12.4 Å². The van der Waals surface area contributed by atoms with Crippen LogP contribution in [0, 0.1) is 0 Å². The Bertz CT molecular complexity index is 370. The number of aromatic nitrogens is 1. The summed E-state index contributed by atoms with van der Waals surface area (Å²) in [7, 11) is 0. The highest BCUT2D eigenvalue weighted by Gasteiger charge is 2.22. The number of pyridine rings is 1. The molecule has 0 saturated carbocycles. The lowest BCUT2D eigenvalue weighted by Crippen LogP contribution is -2.39. The van der Waals surface area contributed by atoms with Crippen molar-refractivity contribution in [2.24, 2.45) is 0 Å². The van der Waals surface area contributed by atoms with E-state index in [4.69, 9.17) is 11.6 Å². The number of nitrogens with zero attached hydrogens (tertiary/aromatic N) is 2. The summed E-state index contributed by atoms with van der Waals surface area (Å²) in [5, 5.41) is 0.678. The molecule has 0 N–H and O–H groups in total. The van der Waals surface area contributed by atoms with Crippen molar-refractivity contribution >= 4 is 17.9 Å². The molecule has 4 heteroatoms. The molecule has 0 bridgehead atoms. The highest BCUT2D eigenvalue weighted by Crippen LogP contribution is 2.21. The highest BCUT2D eigenvalue weighted by molar-refractivity contribution is 6.31. The summed E-state index contributed by atoms with van der Waals surface area (Å²) in [6.45, 7) is 1.72. The zero-order valence-electron chi connectivity index (χ0n) is 9.10. The van der Waals surface area contributed by atoms with Gasteiger partial charge < -0.3 is 4.79 Å². The molecule has 1 atom stereocenters. The standard InChI is InChI=1S/C12H15ClN2O/c13-12-7-14-5-4-10(12)8-15-6-2-1-3-11(15)9-16/h4-5,7,9,11H,1-3,6,8H2. The molecular formula is C12H15ClN2O. The van der Waals surface area contributed by atoms with E-state index in [1.165, 1.54) is 0 Å². The predicted molar refractivity (Wildman–Crippen MR) is 63.4 cm³/mol. The first-order valence-electron chi connectivity index (χ1n) is 5.59. The van der Waals surface area contributed by atoms with Crippen LogP contribution in [0.2, 0.25) is 5.02 Å². The summed E-state index contributed by atoms with van der Waals surface area (Å²) in [4.78, 5) is 17.1. The summed E-state index contributed by atoms with van der Waals surface area (Å²) in [5.74, 6) is 0. The normalized spacial score (nSPS) is 21.9. The molecule has 0 amide bonds. The SMILES string of the molecule is O=CC1CCCCN1Cc1ccncc1Cl. The van der Waals surface area contributed by atoms with Gasteiger partial charge in [-0.3, -0.25) is 9.88 Å². The Balaban J connectivity index is 2.08. The van der Waals surface area contributed by atoms with Gasteiger partial charge in [0.2, 0.25) is 0 Å². The minimum Gasteiger partial charge on any atom is -0.302 e. The Kier molecular flexibility index (Phi) is 3.91. The molecule has 0 aliphatic carbocycles. The third kappa shape index (κ3) is 2.60. The molecule has 86 valence electrons. The lowest BCUT2D eigenvalue weighted by atomic mass is 10.0. The summed E-state index contributed by atoms with van der Waals surface area (Å²) >= 11 is 6.06. The molecule has 1 fully saturated rings. The van der Waals surface area contributed by atoms with Gasteiger partial charge in [-0.05, 0) is 31.0 Å². The van der Waals surface area contributed by atoms with Crippen LogP contribution in [0.1, 0.15) is 24.8 Å². The monoisotopic (exact) mass is 238 g/mol.